The Hall–Kier alpha value is -1.55. The molecule has 0 saturated heterocycles. The van der Waals surface area contributed by atoms with Crippen molar-refractivity contribution >= 4 is 23.6 Å². The second-order valence-electron chi connectivity index (χ2n) is 9.55. The summed E-state index contributed by atoms with van der Waals surface area (Å²) >= 11 is 0. The van der Waals surface area contributed by atoms with Crippen LogP contribution in [0.4, 0.5) is 0 Å². The first-order valence-corrected chi connectivity index (χ1v) is 11.4. The summed E-state index contributed by atoms with van der Waals surface area (Å²) in [6.45, 7) is 18.2. The molecule has 1 aromatic carbocycles. The van der Waals surface area contributed by atoms with E-state index in [0.717, 1.165) is 30.6 Å². The summed E-state index contributed by atoms with van der Waals surface area (Å²) in [5.74, 6) is 1.40. The number of furan rings is 2. The molecule has 0 spiro atoms. The third-order valence-electron chi connectivity index (χ3n) is 5.27. The first kappa shape index (κ1) is 27.5. The molecule has 2 bridgehead atoms. The lowest BCUT2D eigenvalue weighted by molar-refractivity contribution is 0.0303. The zero-order chi connectivity index (χ0) is 22.3. The molecule has 0 amide bonds. The van der Waals surface area contributed by atoms with Crippen molar-refractivity contribution in [3.8, 4) is 0 Å². The Kier molecular flexibility index (Phi) is 11.1. The maximum absolute atomic E-state index is 5.75. The molecule has 2 aromatic heterocycles. The van der Waals surface area contributed by atoms with Crippen LogP contribution in [0.1, 0.15) is 72.1 Å². The molecule has 0 radical (unpaired) electrons. The van der Waals surface area contributed by atoms with E-state index in [9.17, 15) is 0 Å². The number of halogens is 1. The lowest BCUT2D eigenvalue weighted by Crippen LogP contribution is -2.43. The third-order valence-corrected chi connectivity index (χ3v) is 5.27. The van der Waals surface area contributed by atoms with E-state index in [1.54, 1.807) is 0 Å². The van der Waals surface area contributed by atoms with Crippen LogP contribution in [0.3, 0.4) is 0 Å². The molecule has 4 heteroatoms. The molecule has 2 heterocycles. The molecule has 0 aliphatic heterocycles. The first-order valence-electron chi connectivity index (χ1n) is 11.4. The lowest BCUT2D eigenvalue weighted by Gasteiger charge is -2.30. The SMILES string of the molecule is CC(C)Cc1c(CC(C)C)c2ccc1o2.CCOC(C)NC(C)(C)c1ccccc1.Cl. The van der Waals surface area contributed by atoms with E-state index >= 15 is 0 Å². The average Bonchev–Trinajstić information content (AvgIpc) is 3.25. The number of fused-ring (bicyclic) bond motifs is 2. The Bertz CT molecular complexity index is 816. The number of benzene rings is 2. The Labute approximate surface area is 195 Å². The number of rotatable bonds is 9. The highest BCUT2D eigenvalue weighted by Gasteiger charge is 2.22. The second kappa shape index (κ2) is 12.5. The number of hydrogen-bond donors (Lipinski definition) is 1. The van der Waals surface area contributed by atoms with Gasteiger partial charge in [-0.2, -0.15) is 0 Å². The Morgan fingerprint density at radius 3 is 1.74 bits per heavy atom. The van der Waals surface area contributed by atoms with Crippen LogP contribution < -0.4 is 5.32 Å². The summed E-state index contributed by atoms with van der Waals surface area (Å²) in [5.41, 5.74) is 6.34. The predicted octanol–water partition coefficient (Wildman–Crippen LogP) is 7.58. The maximum Gasteiger partial charge on any atom is 0.131 e. The van der Waals surface area contributed by atoms with E-state index in [-0.39, 0.29) is 24.2 Å². The molecule has 0 aliphatic rings. The van der Waals surface area contributed by atoms with Crippen LogP contribution in [0.25, 0.3) is 11.2 Å². The minimum Gasteiger partial charge on any atom is -0.457 e. The third kappa shape index (κ3) is 8.14. The van der Waals surface area contributed by atoms with Crippen molar-refractivity contribution in [1.29, 1.82) is 0 Å². The topological polar surface area (TPSA) is 34.4 Å². The van der Waals surface area contributed by atoms with Crippen molar-refractivity contribution < 1.29 is 9.15 Å². The number of nitrogens with one attached hydrogen (secondary N) is 1. The van der Waals surface area contributed by atoms with Crippen molar-refractivity contribution in [2.75, 3.05) is 6.61 Å². The predicted molar refractivity (Wildman–Crippen MR) is 135 cm³/mol. The molecule has 1 N–H and O–H groups in total. The van der Waals surface area contributed by atoms with E-state index in [0.29, 0.717) is 11.8 Å². The van der Waals surface area contributed by atoms with Gasteiger partial charge in [-0.05, 0) is 70.1 Å². The van der Waals surface area contributed by atoms with E-state index in [4.69, 9.17) is 9.15 Å². The zero-order valence-electron chi connectivity index (χ0n) is 20.6. The summed E-state index contributed by atoms with van der Waals surface area (Å²) in [6, 6.07) is 14.6. The smallest absolute Gasteiger partial charge is 0.131 e. The molecular formula is C27H42ClNO2. The van der Waals surface area contributed by atoms with Crippen molar-refractivity contribution in [3.63, 3.8) is 0 Å². The molecule has 31 heavy (non-hydrogen) atoms. The van der Waals surface area contributed by atoms with Gasteiger partial charge in [-0.25, -0.2) is 0 Å². The number of hydrogen-bond acceptors (Lipinski definition) is 3. The van der Waals surface area contributed by atoms with Gasteiger partial charge in [0.05, 0.1) is 0 Å². The van der Waals surface area contributed by atoms with Gasteiger partial charge in [0.15, 0.2) is 0 Å². The fraction of sp³-hybridized carbons (Fsp3) is 0.556. The van der Waals surface area contributed by atoms with Gasteiger partial charge in [-0.15, -0.1) is 12.4 Å². The summed E-state index contributed by atoms with van der Waals surface area (Å²) in [7, 11) is 0. The molecule has 3 nitrogen and oxygen atoms in total. The lowest BCUT2D eigenvalue weighted by atomic mass is 9.93. The molecule has 0 fully saturated rings. The van der Waals surface area contributed by atoms with Gasteiger partial charge < -0.3 is 9.15 Å². The largest absolute Gasteiger partial charge is 0.457 e. The first-order chi connectivity index (χ1) is 14.1. The maximum atomic E-state index is 5.75. The van der Waals surface area contributed by atoms with Crippen molar-refractivity contribution in [2.24, 2.45) is 11.8 Å². The summed E-state index contributed by atoms with van der Waals surface area (Å²) in [6.07, 6.45) is 2.36. The standard InChI is InChI=1S/C14H20O.C13H21NO.ClH/c1-9(2)7-11-12(8-10(3)4)14-6-5-13(11)15-14;1-5-15-11(2)14-13(3,4)12-9-7-6-8-10-12;/h5-6,9-10H,7-8H2,1-4H3;6-11,14H,5H2,1-4H3;1H. The summed E-state index contributed by atoms with van der Waals surface area (Å²) < 4.78 is 11.2. The second-order valence-corrected chi connectivity index (χ2v) is 9.55. The molecule has 1 unspecified atom stereocenters. The Morgan fingerprint density at radius 2 is 1.32 bits per heavy atom. The van der Waals surface area contributed by atoms with E-state index < -0.39 is 0 Å². The number of ether oxygens (including phenoxy) is 1. The molecular weight excluding hydrogens is 406 g/mol. The van der Waals surface area contributed by atoms with Crippen LogP contribution in [0.5, 0.6) is 0 Å². The van der Waals surface area contributed by atoms with Crippen molar-refractivity contribution in [2.45, 2.75) is 80.0 Å². The van der Waals surface area contributed by atoms with Gasteiger partial charge in [0.1, 0.15) is 17.4 Å². The van der Waals surface area contributed by atoms with Crippen LogP contribution in [0.15, 0.2) is 46.9 Å². The minimum absolute atomic E-state index is 0. The Morgan fingerprint density at radius 1 is 0.839 bits per heavy atom. The Balaban J connectivity index is 0.000000300. The van der Waals surface area contributed by atoms with Crippen LogP contribution >= 0.6 is 12.4 Å². The normalized spacial score (nSPS) is 12.7. The van der Waals surface area contributed by atoms with Gasteiger partial charge in [0.2, 0.25) is 0 Å². The highest BCUT2D eigenvalue weighted by atomic mass is 35.5. The molecule has 174 valence electrons. The molecule has 0 saturated carbocycles. The molecule has 3 aromatic rings. The van der Waals surface area contributed by atoms with Crippen LogP contribution in [0.2, 0.25) is 0 Å². The molecule has 3 rings (SSSR count). The van der Waals surface area contributed by atoms with Crippen LogP contribution in [-0.2, 0) is 23.1 Å². The van der Waals surface area contributed by atoms with E-state index in [1.165, 1.54) is 16.7 Å². The van der Waals surface area contributed by atoms with E-state index in [2.05, 4.69) is 83.3 Å². The van der Waals surface area contributed by atoms with Crippen LogP contribution in [0, 0.1) is 11.8 Å². The highest BCUT2D eigenvalue weighted by molar-refractivity contribution is 5.85. The van der Waals surface area contributed by atoms with E-state index in [1.807, 2.05) is 19.9 Å². The van der Waals surface area contributed by atoms with Gasteiger partial charge in [0, 0.05) is 23.3 Å². The zero-order valence-corrected chi connectivity index (χ0v) is 21.4. The average molecular weight is 448 g/mol. The van der Waals surface area contributed by atoms with Gasteiger partial charge in [0.25, 0.3) is 0 Å². The summed E-state index contributed by atoms with van der Waals surface area (Å²) in [5, 5.41) is 3.45. The quantitative estimate of drug-likeness (QED) is 0.343. The highest BCUT2D eigenvalue weighted by Crippen LogP contribution is 2.32. The fourth-order valence-corrected chi connectivity index (χ4v) is 3.96. The van der Waals surface area contributed by atoms with Crippen LogP contribution in [-0.4, -0.2) is 12.8 Å². The van der Waals surface area contributed by atoms with Gasteiger partial charge in [-0.1, -0.05) is 58.0 Å². The van der Waals surface area contributed by atoms with Gasteiger partial charge in [-0.3, -0.25) is 5.32 Å². The van der Waals surface area contributed by atoms with Crippen molar-refractivity contribution in [1.82, 2.24) is 5.32 Å². The van der Waals surface area contributed by atoms with Gasteiger partial charge >= 0.3 is 0 Å². The van der Waals surface area contributed by atoms with Crippen molar-refractivity contribution in [3.05, 3.63) is 59.2 Å². The monoisotopic (exact) mass is 447 g/mol. The molecule has 0 aliphatic carbocycles. The summed E-state index contributed by atoms with van der Waals surface area (Å²) in [4.78, 5) is 0. The minimum atomic E-state index is -0.0597. The molecule has 1 atom stereocenters. The fourth-order valence-electron chi connectivity index (χ4n) is 3.96.